The Kier molecular flexibility index (Phi) is 4.00. The van der Waals surface area contributed by atoms with E-state index in [-0.39, 0.29) is 12.4 Å². The van der Waals surface area contributed by atoms with Gasteiger partial charge in [0.1, 0.15) is 5.57 Å². The molecule has 4 rings (SSSR count). The number of ether oxygens (including phenoxy) is 3. The number of hydrogen-bond donors (Lipinski definition) is 1. The number of hydrazine groups is 1. The molecule has 0 radical (unpaired) electrons. The standard InChI is InChI=1S/C19H14N2O6/c1-25-19(24)12-3-5-13(6-4-12)21-18(23)14(17(22)20-21)8-11-2-7-15-16(9-11)27-10-26-15/h2-9H,10H2,1H3,(H,20,22). The Bertz CT molecular complexity index is 980. The molecule has 0 aliphatic carbocycles. The molecular formula is C19H14N2O6. The Labute approximate surface area is 153 Å². The van der Waals surface area contributed by atoms with Gasteiger partial charge in [-0.05, 0) is 48.0 Å². The molecule has 0 spiro atoms. The summed E-state index contributed by atoms with van der Waals surface area (Å²) in [7, 11) is 1.29. The highest BCUT2D eigenvalue weighted by Gasteiger charge is 2.34. The van der Waals surface area contributed by atoms with Crippen molar-refractivity contribution in [1.29, 1.82) is 0 Å². The monoisotopic (exact) mass is 366 g/mol. The molecule has 1 saturated heterocycles. The first-order valence-corrected chi connectivity index (χ1v) is 8.02. The van der Waals surface area contributed by atoms with Crippen LogP contribution in [0.15, 0.2) is 48.0 Å². The minimum Gasteiger partial charge on any atom is -0.465 e. The van der Waals surface area contributed by atoms with Crippen molar-refractivity contribution in [3.8, 4) is 11.5 Å². The van der Waals surface area contributed by atoms with Crippen molar-refractivity contribution in [3.63, 3.8) is 0 Å². The van der Waals surface area contributed by atoms with Crippen LogP contribution in [0.5, 0.6) is 11.5 Å². The first-order chi connectivity index (χ1) is 13.1. The number of amides is 2. The first kappa shape index (κ1) is 16.6. The molecule has 2 aliphatic rings. The molecule has 0 bridgehead atoms. The van der Waals surface area contributed by atoms with Gasteiger partial charge in [0.15, 0.2) is 11.5 Å². The summed E-state index contributed by atoms with van der Waals surface area (Å²) in [6.07, 6.45) is 1.49. The van der Waals surface area contributed by atoms with E-state index < -0.39 is 17.8 Å². The number of nitrogens with one attached hydrogen (secondary N) is 1. The summed E-state index contributed by atoms with van der Waals surface area (Å²) >= 11 is 0. The number of nitrogens with zero attached hydrogens (tertiary/aromatic N) is 1. The highest BCUT2D eigenvalue weighted by molar-refractivity contribution is 6.31. The first-order valence-electron chi connectivity index (χ1n) is 8.02. The quantitative estimate of drug-likeness (QED) is 0.504. The summed E-state index contributed by atoms with van der Waals surface area (Å²) in [5, 5.41) is 1.13. The van der Waals surface area contributed by atoms with Gasteiger partial charge in [-0.1, -0.05) is 6.07 Å². The number of rotatable bonds is 3. The average Bonchev–Trinajstić information content (AvgIpc) is 3.27. The molecule has 136 valence electrons. The van der Waals surface area contributed by atoms with Crippen molar-refractivity contribution < 1.29 is 28.6 Å². The van der Waals surface area contributed by atoms with Crippen LogP contribution in [-0.4, -0.2) is 31.7 Å². The summed E-state index contributed by atoms with van der Waals surface area (Å²) in [6, 6.07) is 11.3. The summed E-state index contributed by atoms with van der Waals surface area (Å²) in [4.78, 5) is 36.4. The second-order valence-corrected chi connectivity index (χ2v) is 5.79. The fourth-order valence-corrected chi connectivity index (χ4v) is 2.77. The maximum atomic E-state index is 12.7. The molecule has 8 heteroatoms. The van der Waals surface area contributed by atoms with Crippen LogP contribution >= 0.6 is 0 Å². The number of anilines is 1. The number of esters is 1. The van der Waals surface area contributed by atoms with Crippen LogP contribution in [0.25, 0.3) is 6.08 Å². The molecule has 0 atom stereocenters. The molecule has 1 fully saturated rings. The van der Waals surface area contributed by atoms with E-state index in [9.17, 15) is 14.4 Å². The second kappa shape index (κ2) is 6.49. The average molecular weight is 366 g/mol. The predicted octanol–water partition coefficient (Wildman–Crippen LogP) is 1.66. The molecule has 2 aromatic carbocycles. The Morgan fingerprint density at radius 2 is 1.85 bits per heavy atom. The highest BCUT2D eigenvalue weighted by atomic mass is 16.7. The Morgan fingerprint density at radius 3 is 2.59 bits per heavy atom. The summed E-state index contributed by atoms with van der Waals surface area (Å²) in [6.45, 7) is 0.143. The fourth-order valence-electron chi connectivity index (χ4n) is 2.77. The largest absolute Gasteiger partial charge is 0.465 e. The maximum absolute atomic E-state index is 12.7. The van der Waals surface area contributed by atoms with Gasteiger partial charge >= 0.3 is 5.97 Å². The van der Waals surface area contributed by atoms with E-state index in [0.717, 1.165) is 5.01 Å². The predicted molar refractivity (Wildman–Crippen MR) is 94.0 cm³/mol. The van der Waals surface area contributed by atoms with Gasteiger partial charge in [0.2, 0.25) is 6.79 Å². The van der Waals surface area contributed by atoms with Crippen molar-refractivity contribution in [3.05, 3.63) is 59.2 Å². The minimum absolute atomic E-state index is 0.00842. The number of methoxy groups -OCH3 is 1. The number of benzene rings is 2. The molecule has 2 aliphatic heterocycles. The van der Waals surface area contributed by atoms with Crippen LogP contribution < -0.4 is 19.9 Å². The Morgan fingerprint density at radius 1 is 1.11 bits per heavy atom. The molecule has 1 N–H and O–H groups in total. The van der Waals surface area contributed by atoms with Crippen LogP contribution in [0.2, 0.25) is 0 Å². The fraction of sp³-hybridized carbons (Fsp3) is 0.105. The third-order valence-corrected chi connectivity index (χ3v) is 4.15. The SMILES string of the molecule is COC(=O)c1ccc(N2NC(=O)C(=Cc3ccc4c(c3)OCO4)C2=O)cc1. The summed E-state index contributed by atoms with van der Waals surface area (Å²) < 4.78 is 15.2. The Balaban J connectivity index is 1.59. The lowest BCUT2D eigenvalue weighted by Gasteiger charge is -2.14. The van der Waals surface area contributed by atoms with Crippen molar-refractivity contribution in [2.24, 2.45) is 0 Å². The highest BCUT2D eigenvalue weighted by Crippen LogP contribution is 2.33. The molecule has 0 saturated carbocycles. The zero-order chi connectivity index (χ0) is 19.0. The van der Waals surface area contributed by atoms with Gasteiger partial charge in [-0.25, -0.2) is 9.80 Å². The normalized spacial score (nSPS) is 16.6. The van der Waals surface area contributed by atoms with Gasteiger partial charge < -0.3 is 14.2 Å². The van der Waals surface area contributed by atoms with E-state index in [4.69, 9.17) is 9.47 Å². The van der Waals surface area contributed by atoms with E-state index in [0.29, 0.717) is 28.3 Å². The van der Waals surface area contributed by atoms with Crippen molar-refractivity contribution in [1.82, 2.24) is 5.43 Å². The van der Waals surface area contributed by atoms with E-state index in [1.54, 1.807) is 30.3 Å². The molecule has 27 heavy (non-hydrogen) atoms. The molecule has 2 heterocycles. The lowest BCUT2D eigenvalue weighted by atomic mass is 10.1. The second-order valence-electron chi connectivity index (χ2n) is 5.79. The van der Waals surface area contributed by atoms with Gasteiger partial charge in [-0.2, -0.15) is 0 Å². The maximum Gasteiger partial charge on any atom is 0.337 e. The van der Waals surface area contributed by atoms with Crippen LogP contribution in [0.1, 0.15) is 15.9 Å². The van der Waals surface area contributed by atoms with Crippen LogP contribution in [0, 0.1) is 0 Å². The molecule has 2 amide bonds. The number of carbonyl (C=O) groups excluding carboxylic acids is 3. The van der Waals surface area contributed by atoms with E-state index in [2.05, 4.69) is 10.2 Å². The topological polar surface area (TPSA) is 94.2 Å². The van der Waals surface area contributed by atoms with Crippen molar-refractivity contribution in [2.45, 2.75) is 0 Å². The number of hydrogen-bond acceptors (Lipinski definition) is 6. The molecular weight excluding hydrogens is 352 g/mol. The van der Waals surface area contributed by atoms with Gasteiger partial charge in [-0.3, -0.25) is 15.0 Å². The van der Waals surface area contributed by atoms with Crippen molar-refractivity contribution in [2.75, 3.05) is 18.9 Å². The van der Waals surface area contributed by atoms with Gasteiger partial charge in [0, 0.05) is 0 Å². The van der Waals surface area contributed by atoms with Crippen LogP contribution in [0.4, 0.5) is 5.69 Å². The van der Waals surface area contributed by atoms with E-state index >= 15 is 0 Å². The molecule has 2 aromatic rings. The smallest absolute Gasteiger partial charge is 0.337 e. The van der Waals surface area contributed by atoms with Gasteiger partial charge in [0.05, 0.1) is 18.4 Å². The van der Waals surface area contributed by atoms with Crippen LogP contribution in [0.3, 0.4) is 0 Å². The van der Waals surface area contributed by atoms with Crippen LogP contribution in [-0.2, 0) is 14.3 Å². The third kappa shape index (κ3) is 2.97. The summed E-state index contributed by atoms with van der Waals surface area (Å²) in [5.74, 6) is -0.322. The molecule has 0 aromatic heterocycles. The van der Waals surface area contributed by atoms with Gasteiger partial charge in [0.25, 0.3) is 11.8 Å². The summed E-state index contributed by atoms with van der Waals surface area (Å²) in [5.41, 5.74) is 3.91. The van der Waals surface area contributed by atoms with Crippen molar-refractivity contribution >= 4 is 29.5 Å². The lowest BCUT2D eigenvalue weighted by molar-refractivity contribution is -0.117. The third-order valence-electron chi connectivity index (χ3n) is 4.15. The Hall–Kier alpha value is -3.81. The number of carbonyl (C=O) groups is 3. The zero-order valence-corrected chi connectivity index (χ0v) is 14.2. The number of fused-ring (bicyclic) bond motifs is 1. The van der Waals surface area contributed by atoms with E-state index in [1.165, 1.54) is 25.3 Å². The lowest BCUT2D eigenvalue weighted by Crippen LogP contribution is -2.35. The van der Waals surface area contributed by atoms with Gasteiger partial charge in [-0.15, -0.1) is 0 Å². The molecule has 8 nitrogen and oxygen atoms in total. The zero-order valence-electron chi connectivity index (χ0n) is 14.2. The van der Waals surface area contributed by atoms with E-state index in [1.807, 2.05) is 0 Å². The minimum atomic E-state index is -0.519. The molecule has 0 unspecified atom stereocenters.